The van der Waals surface area contributed by atoms with Crippen LogP contribution >= 0.6 is 0 Å². The third kappa shape index (κ3) is 4.09. The normalized spacial score (nSPS) is 15.0. The molecule has 1 aromatic heterocycles. The number of amides is 1. The van der Waals surface area contributed by atoms with E-state index in [1.165, 1.54) is 58.2 Å². The Morgan fingerprint density at radius 3 is 2.44 bits per heavy atom. The first-order valence-electron chi connectivity index (χ1n) is 9.62. The molecule has 2 heterocycles. The molecule has 1 aliphatic heterocycles. The molecule has 1 saturated heterocycles. The van der Waals surface area contributed by atoms with E-state index >= 15 is 0 Å². The van der Waals surface area contributed by atoms with E-state index in [2.05, 4.69) is 5.10 Å². The fraction of sp³-hybridized carbons (Fsp3) is 0.200. The van der Waals surface area contributed by atoms with Gasteiger partial charge in [0.05, 0.1) is 10.6 Å². The number of piperazine rings is 1. The lowest BCUT2D eigenvalue weighted by atomic mass is 10.3. The summed E-state index contributed by atoms with van der Waals surface area (Å²) in [4.78, 5) is 24.3. The molecule has 3 aromatic rings. The van der Waals surface area contributed by atoms with Gasteiger partial charge in [0.1, 0.15) is 10.7 Å². The van der Waals surface area contributed by atoms with Gasteiger partial charge in [0.15, 0.2) is 5.69 Å². The van der Waals surface area contributed by atoms with Crippen molar-refractivity contribution in [3.05, 3.63) is 82.4 Å². The predicted octanol–water partition coefficient (Wildman–Crippen LogP) is 2.07. The minimum absolute atomic E-state index is 0.0218. The van der Waals surface area contributed by atoms with Crippen LogP contribution in [0.25, 0.3) is 5.69 Å². The molecule has 12 heteroatoms. The molecule has 0 atom stereocenters. The second-order valence-corrected chi connectivity index (χ2v) is 8.96. The lowest BCUT2D eigenvalue weighted by Crippen LogP contribution is -2.50. The predicted molar refractivity (Wildman–Crippen MR) is 111 cm³/mol. The molecule has 1 aliphatic rings. The van der Waals surface area contributed by atoms with Gasteiger partial charge in [-0.3, -0.25) is 14.9 Å². The number of nitrogens with zero attached hydrogens (tertiary/aromatic N) is 5. The summed E-state index contributed by atoms with van der Waals surface area (Å²) in [6, 6.07) is 12.5. The largest absolute Gasteiger partial charge is 0.335 e. The second kappa shape index (κ2) is 8.48. The van der Waals surface area contributed by atoms with E-state index in [0.29, 0.717) is 5.69 Å². The number of sulfonamides is 1. The van der Waals surface area contributed by atoms with Gasteiger partial charge in [-0.2, -0.15) is 9.40 Å². The number of hydrogen-bond donors (Lipinski definition) is 0. The SMILES string of the molecule is O=C(c1ccn(-c2cccc([N+](=O)[O-])c2)n1)N1CCN(S(=O)(=O)c2ccccc2F)CC1. The average molecular weight is 459 g/mol. The van der Waals surface area contributed by atoms with Crippen LogP contribution in [-0.4, -0.2) is 64.4 Å². The molecule has 0 N–H and O–H groups in total. The summed E-state index contributed by atoms with van der Waals surface area (Å²) in [7, 11) is -4.00. The number of benzene rings is 2. The lowest BCUT2D eigenvalue weighted by Gasteiger charge is -2.33. The quantitative estimate of drug-likeness (QED) is 0.426. The fourth-order valence-corrected chi connectivity index (χ4v) is 4.90. The molecular weight excluding hydrogens is 441 g/mol. The van der Waals surface area contributed by atoms with Crippen LogP contribution in [0.1, 0.15) is 10.5 Å². The fourth-order valence-electron chi connectivity index (χ4n) is 3.42. The lowest BCUT2D eigenvalue weighted by molar-refractivity contribution is -0.384. The van der Waals surface area contributed by atoms with Gasteiger partial charge in [0, 0.05) is 44.5 Å². The Morgan fingerprint density at radius 1 is 1.03 bits per heavy atom. The molecule has 1 amide bonds. The Bertz CT molecular complexity index is 1280. The Hall–Kier alpha value is -3.64. The molecule has 0 aliphatic carbocycles. The Labute approximate surface area is 182 Å². The van der Waals surface area contributed by atoms with Gasteiger partial charge in [-0.05, 0) is 24.3 Å². The molecule has 10 nitrogen and oxygen atoms in total. The van der Waals surface area contributed by atoms with E-state index in [9.17, 15) is 27.7 Å². The molecule has 0 unspecified atom stereocenters. The van der Waals surface area contributed by atoms with Crippen LogP contribution in [0, 0.1) is 15.9 Å². The number of nitro benzene ring substituents is 1. The summed E-state index contributed by atoms with van der Waals surface area (Å²) in [5.41, 5.74) is 0.457. The van der Waals surface area contributed by atoms with Crippen molar-refractivity contribution in [2.45, 2.75) is 4.90 Å². The van der Waals surface area contributed by atoms with Crippen molar-refractivity contribution in [2.24, 2.45) is 0 Å². The third-order valence-electron chi connectivity index (χ3n) is 5.09. The molecule has 32 heavy (non-hydrogen) atoms. The molecule has 0 spiro atoms. The summed E-state index contributed by atoms with van der Waals surface area (Å²) >= 11 is 0. The van der Waals surface area contributed by atoms with Gasteiger partial charge in [0.25, 0.3) is 11.6 Å². The first-order valence-corrected chi connectivity index (χ1v) is 11.1. The van der Waals surface area contributed by atoms with Gasteiger partial charge in [-0.1, -0.05) is 18.2 Å². The first kappa shape index (κ1) is 21.6. The van der Waals surface area contributed by atoms with Crippen LogP contribution in [0.15, 0.2) is 65.7 Å². The van der Waals surface area contributed by atoms with Crippen LogP contribution in [0.3, 0.4) is 0 Å². The van der Waals surface area contributed by atoms with E-state index in [1.54, 1.807) is 6.07 Å². The van der Waals surface area contributed by atoms with Gasteiger partial charge >= 0.3 is 0 Å². The highest BCUT2D eigenvalue weighted by atomic mass is 32.2. The van der Waals surface area contributed by atoms with Crippen molar-refractivity contribution in [1.29, 1.82) is 0 Å². The summed E-state index contributed by atoms with van der Waals surface area (Å²) in [6.07, 6.45) is 1.52. The van der Waals surface area contributed by atoms with Crippen LogP contribution in [-0.2, 0) is 10.0 Å². The third-order valence-corrected chi connectivity index (χ3v) is 7.03. The molecule has 0 radical (unpaired) electrons. The van der Waals surface area contributed by atoms with Crippen molar-refractivity contribution in [3.63, 3.8) is 0 Å². The van der Waals surface area contributed by atoms with E-state index in [1.807, 2.05) is 0 Å². The second-order valence-electron chi connectivity index (χ2n) is 7.05. The standard InChI is InChI=1S/C20H18FN5O5S/c21-17-6-1-2-7-19(17)32(30,31)24-12-10-23(11-13-24)20(27)18-8-9-25(22-18)15-4-3-5-16(14-15)26(28)29/h1-9,14H,10-13H2. The van der Waals surface area contributed by atoms with Gasteiger partial charge in [0.2, 0.25) is 10.0 Å². The number of carbonyl (C=O) groups excluding carboxylic acids is 1. The minimum Gasteiger partial charge on any atom is -0.335 e. The summed E-state index contributed by atoms with van der Waals surface area (Å²) < 4.78 is 41.9. The monoisotopic (exact) mass is 459 g/mol. The van der Waals surface area contributed by atoms with Crippen molar-refractivity contribution in [3.8, 4) is 5.69 Å². The van der Waals surface area contributed by atoms with Gasteiger partial charge in [-0.25, -0.2) is 17.5 Å². The van der Waals surface area contributed by atoms with Crippen LogP contribution in [0.5, 0.6) is 0 Å². The molecule has 4 rings (SSSR count). The smallest absolute Gasteiger partial charge is 0.274 e. The molecule has 0 bridgehead atoms. The van der Waals surface area contributed by atoms with Crippen LogP contribution in [0.4, 0.5) is 10.1 Å². The van der Waals surface area contributed by atoms with E-state index in [-0.39, 0.29) is 37.6 Å². The molecule has 0 saturated carbocycles. The zero-order valence-electron chi connectivity index (χ0n) is 16.7. The highest BCUT2D eigenvalue weighted by Crippen LogP contribution is 2.21. The number of non-ortho nitro benzene ring substituents is 1. The maximum atomic E-state index is 14.0. The van der Waals surface area contributed by atoms with Gasteiger partial charge in [-0.15, -0.1) is 0 Å². The van der Waals surface area contributed by atoms with E-state index in [0.717, 1.165) is 10.4 Å². The zero-order chi connectivity index (χ0) is 22.9. The first-order chi connectivity index (χ1) is 15.3. The number of halogens is 1. The number of carbonyl (C=O) groups is 1. The minimum atomic E-state index is -4.00. The summed E-state index contributed by atoms with van der Waals surface area (Å²) in [6.45, 7) is 0.286. The molecular formula is C20H18FN5O5S. The molecule has 2 aromatic carbocycles. The van der Waals surface area contributed by atoms with Crippen molar-refractivity contribution < 1.29 is 22.5 Å². The topological polar surface area (TPSA) is 119 Å². The van der Waals surface area contributed by atoms with Crippen LogP contribution in [0.2, 0.25) is 0 Å². The number of nitro groups is 1. The van der Waals surface area contributed by atoms with Crippen LogP contribution < -0.4 is 0 Å². The van der Waals surface area contributed by atoms with E-state index < -0.39 is 31.6 Å². The Balaban J connectivity index is 1.45. The number of aromatic nitrogens is 2. The van der Waals surface area contributed by atoms with E-state index in [4.69, 9.17) is 0 Å². The molecule has 166 valence electrons. The maximum absolute atomic E-state index is 14.0. The number of rotatable bonds is 5. The average Bonchev–Trinajstić information content (AvgIpc) is 3.29. The van der Waals surface area contributed by atoms with Gasteiger partial charge < -0.3 is 4.90 Å². The number of hydrogen-bond acceptors (Lipinski definition) is 6. The van der Waals surface area contributed by atoms with Crippen molar-refractivity contribution in [1.82, 2.24) is 19.0 Å². The Morgan fingerprint density at radius 2 is 1.75 bits per heavy atom. The Kier molecular flexibility index (Phi) is 5.72. The highest BCUT2D eigenvalue weighted by Gasteiger charge is 2.32. The van der Waals surface area contributed by atoms with Crippen molar-refractivity contribution >= 4 is 21.6 Å². The maximum Gasteiger partial charge on any atom is 0.274 e. The summed E-state index contributed by atoms with van der Waals surface area (Å²) in [5, 5.41) is 15.2. The molecule has 1 fully saturated rings. The van der Waals surface area contributed by atoms with Crippen molar-refractivity contribution in [2.75, 3.05) is 26.2 Å². The summed E-state index contributed by atoms with van der Waals surface area (Å²) in [5.74, 6) is -1.21. The highest BCUT2D eigenvalue weighted by molar-refractivity contribution is 7.89. The zero-order valence-corrected chi connectivity index (χ0v) is 17.5.